The molecule has 0 bridgehead atoms. The molecule has 4 heterocycles. The van der Waals surface area contributed by atoms with E-state index in [0.29, 0.717) is 33.6 Å². The number of aldehydes is 1. The molecule has 0 amide bonds. The first kappa shape index (κ1) is 18.5. The van der Waals surface area contributed by atoms with Crippen molar-refractivity contribution >= 4 is 23.2 Å². The average molecular weight is 406 g/mol. The van der Waals surface area contributed by atoms with Gasteiger partial charge in [-0.3, -0.25) is 9.59 Å². The van der Waals surface area contributed by atoms with Crippen molar-refractivity contribution in [3.05, 3.63) is 56.9 Å². The number of aromatic nitrogens is 2. The van der Waals surface area contributed by atoms with Gasteiger partial charge in [0.15, 0.2) is 11.9 Å². The van der Waals surface area contributed by atoms with Crippen molar-refractivity contribution in [1.82, 2.24) is 9.55 Å². The quantitative estimate of drug-likeness (QED) is 0.409. The SMILES string of the molecule is CC[C@@]1(O)C(=O)OCc2c1cc1n(c2=O)Cc2cc3c(C=O)c(OC)ccc3nc2-1. The Morgan fingerprint density at radius 3 is 2.83 bits per heavy atom. The van der Waals surface area contributed by atoms with E-state index in [1.807, 2.05) is 6.07 Å². The highest BCUT2D eigenvalue weighted by Gasteiger charge is 2.45. The Kier molecular flexibility index (Phi) is 3.85. The zero-order valence-corrected chi connectivity index (χ0v) is 16.4. The smallest absolute Gasteiger partial charge is 0.343 e. The highest BCUT2D eigenvalue weighted by atomic mass is 16.6. The summed E-state index contributed by atoms with van der Waals surface area (Å²) in [7, 11) is 1.49. The van der Waals surface area contributed by atoms with Crippen LogP contribution < -0.4 is 10.3 Å². The van der Waals surface area contributed by atoms with E-state index in [1.165, 1.54) is 7.11 Å². The Bertz CT molecular complexity index is 1330. The number of hydrogen-bond acceptors (Lipinski definition) is 7. The van der Waals surface area contributed by atoms with Crippen molar-refractivity contribution in [3.63, 3.8) is 0 Å². The van der Waals surface area contributed by atoms with E-state index in [2.05, 4.69) is 0 Å². The van der Waals surface area contributed by atoms with Gasteiger partial charge in [-0.05, 0) is 30.7 Å². The summed E-state index contributed by atoms with van der Waals surface area (Å²) in [6, 6.07) is 6.92. The molecule has 2 aromatic heterocycles. The van der Waals surface area contributed by atoms with E-state index < -0.39 is 11.6 Å². The minimum Gasteiger partial charge on any atom is -0.496 e. The third-order valence-electron chi connectivity index (χ3n) is 6.03. The van der Waals surface area contributed by atoms with Gasteiger partial charge in [0.1, 0.15) is 12.4 Å². The summed E-state index contributed by atoms with van der Waals surface area (Å²) >= 11 is 0. The lowest BCUT2D eigenvalue weighted by Crippen LogP contribution is -2.44. The Balaban J connectivity index is 1.78. The number of ether oxygens (including phenoxy) is 2. The number of benzene rings is 1. The van der Waals surface area contributed by atoms with Crippen molar-refractivity contribution in [2.24, 2.45) is 0 Å². The molecule has 0 spiro atoms. The van der Waals surface area contributed by atoms with Crippen LogP contribution in [0.5, 0.6) is 5.75 Å². The Morgan fingerprint density at radius 1 is 1.33 bits per heavy atom. The molecule has 0 unspecified atom stereocenters. The summed E-state index contributed by atoms with van der Waals surface area (Å²) in [6.07, 6.45) is 0.814. The molecule has 8 heteroatoms. The summed E-state index contributed by atoms with van der Waals surface area (Å²) in [5.74, 6) is -0.305. The second kappa shape index (κ2) is 6.24. The molecule has 30 heavy (non-hydrogen) atoms. The molecule has 0 saturated carbocycles. The summed E-state index contributed by atoms with van der Waals surface area (Å²) in [5.41, 5.74) is 1.23. The summed E-state index contributed by atoms with van der Waals surface area (Å²) in [5, 5.41) is 11.5. The van der Waals surface area contributed by atoms with Gasteiger partial charge in [0.05, 0.1) is 41.7 Å². The van der Waals surface area contributed by atoms with Gasteiger partial charge in [-0.25, -0.2) is 9.78 Å². The first-order valence-corrected chi connectivity index (χ1v) is 9.56. The number of cyclic esters (lactones) is 1. The number of carbonyl (C=O) groups is 2. The maximum atomic E-state index is 13.2. The number of aliphatic hydroxyl groups is 1. The van der Waals surface area contributed by atoms with Crippen LogP contribution in [0, 0.1) is 0 Å². The normalized spacial score (nSPS) is 19.1. The van der Waals surface area contributed by atoms with E-state index in [4.69, 9.17) is 14.5 Å². The van der Waals surface area contributed by atoms with Crippen LogP contribution in [0.25, 0.3) is 22.3 Å². The van der Waals surface area contributed by atoms with E-state index in [9.17, 15) is 19.5 Å². The molecule has 0 saturated heterocycles. The van der Waals surface area contributed by atoms with E-state index in [0.717, 1.165) is 11.8 Å². The van der Waals surface area contributed by atoms with Crippen LogP contribution >= 0.6 is 0 Å². The van der Waals surface area contributed by atoms with E-state index in [1.54, 1.807) is 29.7 Å². The third-order valence-corrected chi connectivity index (χ3v) is 6.03. The second-order valence-corrected chi connectivity index (χ2v) is 7.47. The van der Waals surface area contributed by atoms with Crippen LogP contribution in [0.1, 0.15) is 40.4 Å². The number of carbonyl (C=O) groups excluding carboxylic acids is 2. The van der Waals surface area contributed by atoms with Crippen molar-refractivity contribution in [1.29, 1.82) is 0 Å². The highest BCUT2D eigenvalue weighted by molar-refractivity contribution is 6.00. The van der Waals surface area contributed by atoms with Gasteiger partial charge >= 0.3 is 5.97 Å². The molecular weight excluding hydrogens is 388 g/mol. The maximum absolute atomic E-state index is 13.2. The number of methoxy groups -OCH3 is 1. The van der Waals surface area contributed by atoms with Gasteiger partial charge in [-0.2, -0.15) is 0 Å². The zero-order valence-electron chi connectivity index (χ0n) is 16.4. The molecule has 0 fully saturated rings. The minimum atomic E-state index is -1.86. The van der Waals surface area contributed by atoms with Crippen molar-refractivity contribution in [2.75, 3.05) is 7.11 Å². The number of esters is 1. The summed E-state index contributed by atoms with van der Waals surface area (Å²) in [4.78, 5) is 41.7. The molecule has 0 radical (unpaired) electrons. The topological polar surface area (TPSA) is 108 Å². The van der Waals surface area contributed by atoms with Crippen LogP contribution in [0.15, 0.2) is 29.1 Å². The molecule has 1 atom stereocenters. The number of rotatable bonds is 3. The first-order chi connectivity index (χ1) is 14.4. The number of hydrogen-bond donors (Lipinski definition) is 1. The molecule has 1 N–H and O–H groups in total. The van der Waals surface area contributed by atoms with E-state index >= 15 is 0 Å². The highest BCUT2D eigenvalue weighted by Crippen LogP contribution is 2.39. The Labute approximate surface area is 170 Å². The Morgan fingerprint density at radius 2 is 2.13 bits per heavy atom. The van der Waals surface area contributed by atoms with E-state index in [-0.39, 0.29) is 36.3 Å². The maximum Gasteiger partial charge on any atom is 0.343 e. The zero-order chi connectivity index (χ0) is 21.2. The van der Waals surface area contributed by atoms with Crippen LogP contribution in [0.4, 0.5) is 0 Å². The predicted molar refractivity (Wildman–Crippen MR) is 106 cm³/mol. The molecule has 152 valence electrons. The average Bonchev–Trinajstić information content (AvgIpc) is 3.12. The number of fused-ring (bicyclic) bond motifs is 5. The van der Waals surface area contributed by atoms with Gasteiger partial charge in [0.25, 0.3) is 5.56 Å². The number of pyridine rings is 2. The molecule has 0 aliphatic carbocycles. The molecule has 2 aliphatic heterocycles. The molecule has 2 aliphatic rings. The monoisotopic (exact) mass is 406 g/mol. The Hall–Kier alpha value is -3.52. The minimum absolute atomic E-state index is 0.0855. The summed E-state index contributed by atoms with van der Waals surface area (Å²) in [6.45, 7) is 1.76. The standard InChI is InChI=1S/C22H18N2O6/c1-3-22(28)15-7-17-19-11(8-24(17)20(26)14(15)10-30-21(22)27)6-12-13(9-25)18(29-2)5-4-16(12)23-19/h4-7,9,28H,3,8,10H2,1-2H3/t22-/m0/s1. The fraction of sp³-hybridized carbons (Fsp3) is 0.273. The molecule has 1 aromatic carbocycles. The lowest BCUT2D eigenvalue weighted by Gasteiger charge is -2.31. The van der Waals surface area contributed by atoms with Gasteiger partial charge in [0.2, 0.25) is 0 Å². The van der Waals surface area contributed by atoms with Crippen LogP contribution in [0.2, 0.25) is 0 Å². The van der Waals surface area contributed by atoms with Crippen molar-refractivity contribution < 1.29 is 24.2 Å². The fourth-order valence-corrected chi connectivity index (χ4v) is 4.35. The van der Waals surface area contributed by atoms with Crippen LogP contribution in [0.3, 0.4) is 0 Å². The predicted octanol–water partition coefficient (Wildman–Crippen LogP) is 1.90. The third kappa shape index (κ3) is 2.25. The fourth-order valence-electron chi connectivity index (χ4n) is 4.35. The number of nitrogens with zero attached hydrogens (tertiary/aromatic N) is 2. The first-order valence-electron chi connectivity index (χ1n) is 9.56. The lowest BCUT2D eigenvalue weighted by atomic mass is 9.86. The van der Waals surface area contributed by atoms with Gasteiger partial charge < -0.3 is 19.1 Å². The molecule has 5 rings (SSSR count). The molecule has 3 aromatic rings. The largest absolute Gasteiger partial charge is 0.496 e. The molecule has 8 nitrogen and oxygen atoms in total. The molecular formula is C22H18N2O6. The van der Waals surface area contributed by atoms with Crippen LogP contribution in [-0.2, 0) is 28.3 Å². The van der Waals surface area contributed by atoms with Crippen LogP contribution in [-0.4, -0.2) is 34.0 Å². The summed E-state index contributed by atoms with van der Waals surface area (Å²) < 4.78 is 11.9. The second-order valence-electron chi connectivity index (χ2n) is 7.47. The van der Waals surface area contributed by atoms with Gasteiger partial charge in [0, 0.05) is 16.5 Å². The van der Waals surface area contributed by atoms with Crippen molar-refractivity contribution in [3.8, 4) is 17.1 Å². The lowest BCUT2D eigenvalue weighted by molar-refractivity contribution is -0.172. The van der Waals surface area contributed by atoms with Gasteiger partial charge in [-0.1, -0.05) is 6.92 Å². The van der Waals surface area contributed by atoms with Gasteiger partial charge in [-0.15, -0.1) is 0 Å². The van der Waals surface area contributed by atoms with Crippen molar-refractivity contribution in [2.45, 2.75) is 32.1 Å².